The lowest BCUT2D eigenvalue weighted by molar-refractivity contribution is 0.145. The largest absolute Gasteiger partial charge is 0.497 e. The van der Waals surface area contributed by atoms with Gasteiger partial charge in [-0.15, -0.1) is 0 Å². The number of aliphatic imine (C=N–C) groups is 1. The van der Waals surface area contributed by atoms with Gasteiger partial charge in [-0.25, -0.2) is 4.99 Å². The lowest BCUT2D eigenvalue weighted by atomic mass is 10.0. The van der Waals surface area contributed by atoms with Gasteiger partial charge in [-0.3, -0.25) is 0 Å². The lowest BCUT2D eigenvalue weighted by Gasteiger charge is -2.18. The molecule has 0 saturated heterocycles. The van der Waals surface area contributed by atoms with Crippen LogP contribution in [0, 0.1) is 11.3 Å². The van der Waals surface area contributed by atoms with Crippen molar-refractivity contribution >= 4 is 5.96 Å². The fourth-order valence-electron chi connectivity index (χ4n) is 3.45. The normalized spacial score (nSPS) is 18.5. The molecule has 0 unspecified atom stereocenters. The molecule has 26 heavy (non-hydrogen) atoms. The first kappa shape index (κ1) is 19.0. The molecule has 3 rings (SSSR count). The summed E-state index contributed by atoms with van der Waals surface area (Å²) in [6, 6.07) is 8.11. The first-order valence-electron chi connectivity index (χ1n) is 9.98. The van der Waals surface area contributed by atoms with Gasteiger partial charge in [-0.1, -0.05) is 12.1 Å². The van der Waals surface area contributed by atoms with E-state index in [1.165, 1.54) is 31.2 Å². The maximum Gasteiger partial charge on any atom is 0.191 e. The Morgan fingerprint density at radius 3 is 2.58 bits per heavy atom. The highest BCUT2D eigenvalue weighted by molar-refractivity contribution is 5.79. The third-order valence-electron chi connectivity index (χ3n) is 5.48. The van der Waals surface area contributed by atoms with Crippen LogP contribution in [0.15, 0.2) is 29.3 Å². The van der Waals surface area contributed by atoms with Crippen LogP contribution in [0.25, 0.3) is 0 Å². The Morgan fingerprint density at radius 1 is 1.19 bits per heavy atom. The molecule has 2 saturated carbocycles. The van der Waals surface area contributed by atoms with E-state index in [1.54, 1.807) is 7.11 Å². The first-order chi connectivity index (χ1) is 12.8. The molecule has 5 heteroatoms. The summed E-state index contributed by atoms with van der Waals surface area (Å²) in [5.74, 6) is 2.75. The third-order valence-corrected chi connectivity index (χ3v) is 5.48. The van der Waals surface area contributed by atoms with Gasteiger partial charge in [0.25, 0.3) is 0 Å². The molecule has 1 aromatic carbocycles. The van der Waals surface area contributed by atoms with Crippen LogP contribution in [0.5, 0.6) is 5.75 Å². The number of hydrogen-bond acceptors (Lipinski definition) is 3. The van der Waals surface area contributed by atoms with E-state index in [0.29, 0.717) is 12.0 Å². The summed E-state index contributed by atoms with van der Waals surface area (Å²) in [4.78, 5) is 4.79. The molecule has 0 radical (unpaired) electrons. The molecule has 0 aliphatic heterocycles. The lowest BCUT2D eigenvalue weighted by Crippen LogP contribution is -2.41. The van der Waals surface area contributed by atoms with Crippen LogP contribution in [-0.4, -0.2) is 39.4 Å². The van der Waals surface area contributed by atoms with E-state index in [9.17, 15) is 0 Å². The zero-order valence-electron chi connectivity index (χ0n) is 16.2. The third kappa shape index (κ3) is 5.63. The van der Waals surface area contributed by atoms with Gasteiger partial charge in [0.2, 0.25) is 0 Å². The zero-order chi connectivity index (χ0) is 18.2. The van der Waals surface area contributed by atoms with Crippen molar-refractivity contribution < 1.29 is 9.47 Å². The van der Waals surface area contributed by atoms with E-state index in [1.807, 2.05) is 19.1 Å². The summed E-state index contributed by atoms with van der Waals surface area (Å²) < 4.78 is 10.6. The summed E-state index contributed by atoms with van der Waals surface area (Å²) in [5, 5.41) is 7.07. The molecule has 5 nitrogen and oxygen atoms in total. The summed E-state index contributed by atoms with van der Waals surface area (Å²) in [6.07, 6.45) is 6.58. The van der Waals surface area contributed by atoms with E-state index in [4.69, 9.17) is 14.5 Å². The molecule has 2 N–H and O–H groups in total. The smallest absolute Gasteiger partial charge is 0.191 e. The molecule has 0 heterocycles. The molecule has 1 aromatic rings. The number of benzene rings is 1. The Kier molecular flexibility index (Phi) is 6.78. The maximum absolute atomic E-state index is 5.42. The predicted molar refractivity (Wildman–Crippen MR) is 106 cm³/mol. The van der Waals surface area contributed by atoms with E-state index in [2.05, 4.69) is 22.8 Å². The highest BCUT2D eigenvalue weighted by Gasteiger charge is 2.53. The molecule has 2 aliphatic carbocycles. The van der Waals surface area contributed by atoms with Gasteiger partial charge in [0.05, 0.1) is 13.7 Å². The molecule has 0 aromatic heterocycles. The maximum atomic E-state index is 5.42. The highest BCUT2D eigenvalue weighted by atomic mass is 16.5. The minimum atomic E-state index is 0.563. The highest BCUT2D eigenvalue weighted by Crippen LogP contribution is 2.60. The first-order valence-corrected chi connectivity index (χ1v) is 9.98. The van der Waals surface area contributed by atoms with Crippen LogP contribution in [0.4, 0.5) is 0 Å². The second-order valence-corrected chi connectivity index (χ2v) is 7.48. The van der Waals surface area contributed by atoms with Crippen LogP contribution >= 0.6 is 0 Å². The average molecular weight is 360 g/mol. The van der Waals surface area contributed by atoms with Crippen molar-refractivity contribution in [1.82, 2.24) is 10.6 Å². The number of guanidine groups is 1. The second kappa shape index (κ2) is 9.26. The van der Waals surface area contributed by atoms with Crippen LogP contribution in [0.3, 0.4) is 0 Å². The Morgan fingerprint density at radius 2 is 1.96 bits per heavy atom. The van der Waals surface area contributed by atoms with Crippen molar-refractivity contribution in [2.24, 2.45) is 16.3 Å². The summed E-state index contributed by atoms with van der Waals surface area (Å²) in [7, 11) is 1.69. The minimum Gasteiger partial charge on any atom is -0.497 e. The quantitative estimate of drug-likeness (QED) is 0.361. The van der Waals surface area contributed by atoms with Gasteiger partial charge in [-0.2, -0.15) is 0 Å². The average Bonchev–Trinajstić information content (AvgIpc) is 3.56. The molecule has 0 amide bonds. The van der Waals surface area contributed by atoms with Crippen molar-refractivity contribution in [3.8, 4) is 5.75 Å². The molecule has 0 spiro atoms. The molecule has 0 bridgehead atoms. The van der Waals surface area contributed by atoms with Gasteiger partial charge in [0.1, 0.15) is 5.75 Å². The summed E-state index contributed by atoms with van der Waals surface area (Å²) >= 11 is 0. The summed E-state index contributed by atoms with van der Waals surface area (Å²) in [5.41, 5.74) is 1.75. The number of rotatable bonds is 11. The van der Waals surface area contributed by atoms with Crippen LogP contribution in [-0.2, 0) is 11.3 Å². The van der Waals surface area contributed by atoms with Crippen molar-refractivity contribution in [2.75, 3.05) is 33.4 Å². The Hall–Kier alpha value is -1.75. The van der Waals surface area contributed by atoms with E-state index >= 15 is 0 Å². The van der Waals surface area contributed by atoms with Crippen molar-refractivity contribution in [1.29, 1.82) is 0 Å². The van der Waals surface area contributed by atoms with Crippen molar-refractivity contribution in [2.45, 2.75) is 45.6 Å². The molecule has 0 atom stereocenters. The topological polar surface area (TPSA) is 54.9 Å². The number of nitrogens with zero attached hydrogens (tertiary/aromatic N) is 1. The number of hydrogen-bond donors (Lipinski definition) is 2. The van der Waals surface area contributed by atoms with Gasteiger partial charge in [0.15, 0.2) is 5.96 Å². The Balaban J connectivity index is 1.51. The van der Waals surface area contributed by atoms with Crippen molar-refractivity contribution in [3.05, 3.63) is 29.8 Å². The van der Waals surface area contributed by atoms with E-state index in [0.717, 1.165) is 50.4 Å². The van der Waals surface area contributed by atoms with Gasteiger partial charge in [-0.05, 0) is 68.1 Å². The van der Waals surface area contributed by atoms with Gasteiger partial charge in [0, 0.05) is 26.3 Å². The molecule has 2 fully saturated rings. The van der Waals surface area contributed by atoms with E-state index in [-0.39, 0.29) is 0 Å². The van der Waals surface area contributed by atoms with Crippen LogP contribution in [0.2, 0.25) is 0 Å². The predicted octanol–water partition coefficient (Wildman–Crippen LogP) is 3.35. The second-order valence-electron chi connectivity index (χ2n) is 7.48. The Bertz CT molecular complexity index is 577. The van der Waals surface area contributed by atoms with Crippen molar-refractivity contribution in [3.63, 3.8) is 0 Å². The number of ether oxygens (including phenoxy) is 2. The fraction of sp³-hybridized carbons (Fsp3) is 0.667. The molecule has 144 valence electrons. The Labute approximate surface area is 157 Å². The van der Waals surface area contributed by atoms with Crippen LogP contribution in [0.1, 0.15) is 44.6 Å². The molecule has 2 aliphatic rings. The SMILES string of the molecule is CCOCCCNC(=NCc1ccc(OC)cc1)NCC1(C2CC2)CC1. The van der Waals surface area contributed by atoms with Crippen LogP contribution < -0.4 is 15.4 Å². The monoisotopic (exact) mass is 359 g/mol. The van der Waals surface area contributed by atoms with Gasteiger partial charge < -0.3 is 20.1 Å². The fourth-order valence-corrected chi connectivity index (χ4v) is 3.45. The minimum absolute atomic E-state index is 0.563. The number of methoxy groups -OCH3 is 1. The van der Waals surface area contributed by atoms with E-state index < -0.39 is 0 Å². The molecular formula is C21H33N3O2. The van der Waals surface area contributed by atoms with Gasteiger partial charge >= 0.3 is 0 Å². The summed E-state index contributed by atoms with van der Waals surface area (Å²) in [6.45, 7) is 6.20. The molecular weight excluding hydrogens is 326 g/mol. The standard InChI is InChI=1S/C21H33N3O2/c1-3-26-14-4-13-22-20(24-16-21(11-12-21)18-7-8-18)23-15-17-5-9-19(25-2)10-6-17/h5-6,9-10,18H,3-4,7-8,11-16H2,1-2H3,(H2,22,23,24). The number of nitrogens with one attached hydrogen (secondary N) is 2. The zero-order valence-corrected chi connectivity index (χ0v) is 16.2.